The van der Waals surface area contributed by atoms with Crippen LogP contribution in [0.2, 0.25) is 0 Å². The van der Waals surface area contributed by atoms with Crippen LogP contribution in [0.15, 0.2) is 0 Å². The fourth-order valence-corrected chi connectivity index (χ4v) is 2.88. The van der Waals surface area contributed by atoms with Gasteiger partial charge in [0.1, 0.15) is 6.29 Å². The highest BCUT2D eigenvalue weighted by molar-refractivity contribution is 5.60. The average molecular weight is 257 g/mol. The molecule has 0 spiro atoms. The van der Waals surface area contributed by atoms with Gasteiger partial charge in [-0.25, -0.2) is 0 Å². The Morgan fingerprint density at radius 1 is 1.17 bits per heavy atom. The molecule has 0 aromatic heterocycles. The number of aliphatic hydroxyl groups is 1. The molecule has 2 rings (SSSR count). The number of nitrogens with zero attached hydrogens (tertiary/aromatic N) is 1. The van der Waals surface area contributed by atoms with Crippen LogP contribution < -0.4 is 0 Å². The van der Waals surface area contributed by atoms with E-state index in [1.165, 1.54) is 0 Å². The molecule has 0 aromatic carbocycles. The number of hydrogen-bond donors (Lipinski definition) is 1. The topological polar surface area (TPSA) is 59.0 Å². The van der Waals surface area contributed by atoms with Crippen LogP contribution in [0.5, 0.6) is 0 Å². The minimum absolute atomic E-state index is 0.379. The lowest BCUT2D eigenvalue weighted by Crippen LogP contribution is -2.48. The van der Waals surface area contributed by atoms with Gasteiger partial charge in [-0.05, 0) is 13.5 Å². The third-order valence-electron chi connectivity index (χ3n) is 3.96. The standard InChI is InChI=1S/C13H23NO4/c1-14(8-12(10-15)2-5-18-11-12)9-13(16)3-6-17-7-4-13/h10,16H,2-9,11H2,1H3. The molecule has 1 N–H and O–H groups in total. The second-order valence-electron chi connectivity index (χ2n) is 5.79. The van der Waals surface area contributed by atoms with E-state index in [0.717, 1.165) is 12.7 Å². The fraction of sp³-hybridized carbons (Fsp3) is 0.923. The Morgan fingerprint density at radius 3 is 2.39 bits per heavy atom. The summed E-state index contributed by atoms with van der Waals surface area (Å²) in [5, 5.41) is 10.4. The summed E-state index contributed by atoms with van der Waals surface area (Å²) in [5.41, 5.74) is -1.05. The van der Waals surface area contributed by atoms with E-state index in [2.05, 4.69) is 4.90 Å². The van der Waals surface area contributed by atoms with Crippen molar-refractivity contribution in [3.8, 4) is 0 Å². The Labute approximate surface area is 108 Å². The fourth-order valence-electron chi connectivity index (χ4n) is 2.88. The second-order valence-corrected chi connectivity index (χ2v) is 5.79. The van der Waals surface area contributed by atoms with Crippen molar-refractivity contribution in [2.45, 2.75) is 24.9 Å². The van der Waals surface area contributed by atoms with E-state index in [9.17, 15) is 9.90 Å². The van der Waals surface area contributed by atoms with E-state index in [4.69, 9.17) is 9.47 Å². The van der Waals surface area contributed by atoms with Crippen molar-refractivity contribution in [1.29, 1.82) is 0 Å². The summed E-state index contributed by atoms with van der Waals surface area (Å²) in [6.45, 7) is 3.64. The predicted octanol–water partition coefficient (Wildman–Crippen LogP) is 0.0653. The molecule has 2 fully saturated rings. The van der Waals surface area contributed by atoms with Crippen LogP contribution in [0.25, 0.3) is 0 Å². The van der Waals surface area contributed by atoms with E-state index in [0.29, 0.717) is 52.4 Å². The van der Waals surface area contributed by atoms with Crippen LogP contribution in [0.3, 0.4) is 0 Å². The SMILES string of the molecule is CN(CC1(O)CCOCC1)CC1(C=O)CCOC1. The highest BCUT2D eigenvalue weighted by Crippen LogP contribution is 2.28. The van der Waals surface area contributed by atoms with Crippen molar-refractivity contribution >= 4 is 6.29 Å². The van der Waals surface area contributed by atoms with Crippen LogP contribution in [-0.2, 0) is 14.3 Å². The Balaban J connectivity index is 1.87. The molecule has 5 nitrogen and oxygen atoms in total. The molecule has 2 aliphatic rings. The van der Waals surface area contributed by atoms with Gasteiger partial charge in [0.05, 0.1) is 17.6 Å². The maximum atomic E-state index is 11.2. The highest BCUT2D eigenvalue weighted by Gasteiger charge is 2.38. The van der Waals surface area contributed by atoms with E-state index < -0.39 is 5.60 Å². The van der Waals surface area contributed by atoms with Crippen molar-refractivity contribution in [1.82, 2.24) is 4.90 Å². The normalized spacial score (nSPS) is 31.7. The number of aldehydes is 1. The van der Waals surface area contributed by atoms with Gasteiger partial charge in [-0.1, -0.05) is 0 Å². The molecule has 0 radical (unpaired) electrons. The van der Waals surface area contributed by atoms with E-state index in [-0.39, 0.29) is 5.41 Å². The third-order valence-corrected chi connectivity index (χ3v) is 3.96. The molecule has 1 unspecified atom stereocenters. The first-order chi connectivity index (χ1) is 8.58. The zero-order valence-corrected chi connectivity index (χ0v) is 11.1. The molecule has 2 heterocycles. The molecule has 5 heteroatoms. The monoisotopic (exact) mass is 257 g/mol. The smallest absolute Gasteiger partial charge is 0.129 e. The molecule has 0 bridgehead atoms. The van der Waals surface area contributed by atoms with Crippen LogP contribution in [-0.4, -0.2) is 68.5 Å². The molecule has 18 heavy (non-hydrogen) atoms. The Morgan fingerprint density at radius 2 is 1.83 bits per heavy atom. The molecule has 2 saturated heterocycles. The van der Waals surface area contributed by atoms with Gasteiger partial charge in [0.25, 0.3) is 0 Å². The lowest BCUT2D eigenvalue weighted by atomic mass is 9.87. The summed E-state index contributed by atoms with van der Waals surface area (Å²) < 4.78 is 10.6. The predicted molar refractivity (Wildman–Crippen MR) is 66.4 cm³/mol. The number of ether oxygens (including phenoxy) is 2. The molecule has 2 aliphatic heterocycles. The van der Waals surface area contributed by atoms with Crippen molar-refractivity contribution in [2.75, 3.05) is 46.6 Å². The Bertz CT molecular complexity index is 283. The van der Waals surface area contributed by atoms with Gasteiger partial charge in [-0.3, -0.25) is 0 Å². The third kappa shape index (κ3) is 3.29. The summed E-state index contributed by atoms with van der Waals surface area (Å²) in [6.07, 6.45) is 3.14. The van der Waals surface area contributed by atoms with E-state index in [1.54, 1.807) is 0 Å². The molecule has 1 atom stereocenters. The first-order valence-corrected chi connectivity index (χ1v) is 6.60. The molecule has 0 saturated carbocycles. The van der Waals surface area contributed by atoms with Gasteiger partial charge >= 0.3 is 0 Å². The van der Waals surface area contributed by atoms with Gasteiger partial charge in [0.2, 0.25) is 0 Å². The van der Waals surface area contributed by atoms with E-state index in [1.807, 2.05) is 7.05 Å². The van der Waals surface area contributed by atoms with Gasteiger partial charge in [-0.15, -0.1) is 0 Å². The number of carbonyl (C=O) groups is 1. The Kier molecular flexibility index (Phi) is 4.37. The van der Waals surface area contributed by atoms with E-state index >= 15 is 0 Å². The zero-order chi connectivity index (χ0) is 13.1. The molecule has 104 valence electrons. The number of rotatable bonds is 5. The molecular weight excluding hydrogens is 234 g/mol. The second kappa shape index (κ2) is 5.65. The van der Waals surface area contributed by atoms with Crippen LogP contribution in [0, 0.1) is 5.41 Å². The van der Waals surface area contributed by atoms with Gasteiger partial charge in [0, 0.05) is 45.8 Å². The molecule has 0 aromatic rings. The minimum Gasteiger partial charge on any atom is -0.388 e. The Hall–Kier alpha value is -0.490. The van der Waals surface area contributed by atoms with Gasteiger partial charge in [-0.2, -0.15) is 0 Å². The van der Waals surface area contributed by atoms with Gasteiger partial charge in [0.15, 0.2) is 0 Å². The van der Waals surface area contributed by atoms with Crippen molar-refractivity contribution < 1.29 is 19.4 Å². The van der Waals surface area contributed by atoms with Crippen molar-refractivity contribution in [3.05, 3.63) is 0 Å². The van der Waals surface area contributed by atoms with Crippen LogP contribution >= 0.6 is 0 Å². The highest BCUT2D eigenvalue weighted by atomic mass is 16.5. The first-order valence-electron chi connectivity index (χ1n) is 6.60. The number of hydrogen-bond acceptors (Lipinski definition) is 5. The summed E-state index contributed by atoms with van der Waals surface area (Å²) in [4.78, 5) is 13.3. The average Bonchev–Trinajstić information content (AvgIpc) is 2.78. The minimum atomic E-state index is -0.670. The van der Waals surface area contributed by atoms with Crippen LogP contribution in [0.4, 0.5) is 0 Å². The summed E-state index contributed by atoms with van der Waals surface area (Å²) in [7, 11) is 1.96. The van der Waals surface area contributed by atoms with Crippen molar-refractivity contribution in [2.24, 2.45) is 5.41 Å². The zero-order valence-electron chi connectivity index (χ0n) is 11.1. The van der Waals surface area contributed by atoms with Crippen molar-refractivity contribution in [3.63, 3.8) is 0 Å². The number of carbonyl (C=O) groups excluding carboxylic acids is 1. The first kappa shape index (κ1) is 13.9. The lowest BCUT2D eigenvalue weighted by molar-refractivity contribution is -0.118. The largest absolute Gasteiger partial charge is 0.388 e. The lowest BCUT2D eigenvalue weighted by Gasteiger charge is -2.37. The summed E-state index contributed by atoms with van der Waals surface area (Å²) in [5.74, 6) is 0. The maximum absolute atomic E-state index is 11.2. The van der Waals surface area contributed by atoms with Gasteiger partial charge < -0.3 is 24.3 Å². The van der Waals surface area contributed by atoms with Crippen LogP contribution in [0.1, 0.15) is 19.3 Å². The summed E-state index contributed by atoms with van der Waals surface area (Å²) >= 11 is 0. The number of likely N-dealkylation sites (N-methyl/N-ethyl adjacent to an activating group) is 1. The molecular formula is C13H23NO4. The maximum Gasteiger partial charge on any atom is 0.129 e. The molecule has 0 amide bonds. The summed E-state index contributed by atoms with van der Waals surface area (Å²) in [6, 6.07) is 0. The molecule has 0 aliphatic carbocycles. The quantitative estimate of drug-likeness (QED) is 0.706.